The van der Waals surface area contributed by atoms with Gasteiger partial charge in [0.05, 0.1) is 18.8 Å². The summed E-state index contributed by atoms with van der Waals surface area (Å²) in [6.07, 6.45) is 0.445. The summed E-state index contributed by atoms with van der Waals surface area (Å²) in [6.45, 7) is 5.46. The molecule has 3 unspecified atom stereocenters. The highest BCUT2D eigenvalue weighted by Crippen LogP contribution is 2.16. The van der Waals surface area contributed by atoms with E-state index in [0.29, 0.717) is 13.2 Å². The molecular formula is C11H23ClN2O3. The van der Waals surface area contributed by atoms with Crippen molar-refractivity contribution in [3.05, 3.63) is 0 Å². The lowest BCUT2D eigenvalue weighted by Gasteiger charge is -2.39. The standard InChI is InChI=1S/C11H22N2O3.ClH/c1-4-9-7-16-8(2)6-13(9)11(14)10(5-12)15-3;/h8-10H,4-7,12H2,1-3H3;1H. The lowest BCUT2D eigenvalue weighted by atomic mass is 10.1. The molecule has 0 spiro atoms. The Morgan fingerprint density at radius 1 is 1.65 bits per heavy atom. The Hall–Kier alpha value is -0.360. The number of carbonyl (C=O) groups excluding carboxylic acids is 1. The van der Waals surface area contributed by atoms with Crippen LogP contribution in [0.5, 0.6) is 0 Å². The fourth-order valence-electron chi connectivity index (χ4n) is 1.94. The lowest BCUT2D eigenvalue weighted by molar-refractivity contribution is -0.154. The van der Waals surface area contributed by atoms with Crippen molar-refractivity contribution in [2.75, 3.05) is 26.8 Å². The number of morpholine rings is 1. The molecule has 0 aromatic carbocycles. The number of rotatable bonds is 4. The van der Waals surface area contributed by atoms with Gasteiger partial charge in [-0.15, -0.1) is 12.4 Å². The Morgan fingerprint density at radius 3 is 2.76 bits per heavy atom. The molecule has 2 N–H and O–H groups in total. The highest BCUT2D eigenvalue weighted by atomic mass is 35.5. The largest absolute Gasteiger partial charge is 0.375 e. The minimum absolute atomic E-state index is 0. The monoisotopic (exact) mass is 266 g/mol. The van der Waals surface area contributed by atoms with Crippen molar-refractivity contribution in [3.63, 3.8) is 0 Å². The van der Waals surface area contributed by atoms with E-state index in [-0.39, 0.29) is 37.0 Å². The Kier molecular flexibility index (Phi) is 7.70. The Morgan fingerprint density at radius 2 is 2.29 bits per heavy atom. The van der Waals surface area contributed by atoms with Gasteiger partial charge in [0, 0.05) is 20.2 Å². The third-order valence-electron chi connectivity index (χ3n) is 3.00. The fourth-order valence-corrected chi connectivity index (χ4v) is 1.94. The predicted molar refractivity (Wildman–Crippen MR) is 68.3 cm³/mol. The molecule has 1 heterocycles. The molecule has 0 aromatic rings. The molecular weight excluding hydrogens is 244 g/mol. The van der Waals surface area contributed by atoms with Crippen LogP contribution >= 0.6 is 12.4 Å². The van der Waals surface area contributed by atoms with Crippen molar-refractivity contribution in [1.29, 1.82) is 0 Å². The molecule has 102 valence electrons. The topological polar surface area (TPSA) is 64.8 Å². The van der Waals surface area contributed by atoms with Crippen molar-refractivity contribution in [1.82, 2.24) is 4.90 Å². The molecule has 1 aliphatic heterocycles. The predicted octanol–water partition coefficient (Wildman–Crippen LogP) is 0.408. The van der Waals surface area contributed by atoms with Crippen LogP contribution < -0.4 is 5.73 Å². The lowest BCUT2D eigenvalue weighted by Crippen LogP contribution is -2.55. The van der Waals surface area contributed by atoms with Gasteiger partial charge in [0.1, 0.15) is 6.10 Å². The Labute approximate surface area is 109 Å². The second-order valence-electron chi connectivity index (χ2n) is 4.16. The van der Waals surface area contributed by atoms with Gasteiger partial charge in [-0.25, -0.2) is 0 Å². The number of ether oxygens (including phenoxy) is 2. The first kappa shape index (κ1) is 16.6. The first-order chi connectivity index (χ1) is 7.63. The van der Waals surface area contributed by atoms with Crippen molar-refractivity contribution in [3.8, 4) is 0 Å². The number of amides is 1. The smallest absolute Gasteiger partial charge is 0.253 e. The molecule has 1 aliphatic rings. The number of nitrogens with two attached hydrogens (primary N) is 1. The van der Waals surface area contributed by atoms with Crippen molar-refractivity contribution in [2.45, 2.75) is 38.5 Å². The second-order valence-corrected chi connectivity index (χ2v) is 4.16. The van der Waals surface area contributed by atoms with Gasteiger partial charge < -0.3 is 20.1 Å². The number of hydrogen-bond acceptors (Lipinski definition) is 4. The van der Waals surface area contributed by atoms with Gasteiger partial charge in [-0.3, -0.25) is 4.79 Å². The molecule has 1 amide bonds. The van der Waals surface area contributed by atoms with Crippen molar-refractivity contribution >= 4 is 18.3 Å². The summed E-state index contributed by atoms with van der Waals surface area (Å²) in [5, 5.41) is 0. The van der Waals surface area contributed by atoms with E-state index in [9.17, 15) is 4.79 Å². The van der Waals surface area contributed by atoms with E-state index in [0.717, 1.165) is 6.42 Å². The average Bonchev–Trinajstić information content (AvgIpc) is 2.30. The number of carbonyl (C=O) groups is 1. The summed E-state index contributed by atoms with van der Waals surface area (Å²) < 4.78 is 10.6. The van der Waals surface area contributed by atoms with Gasteiger partial charge in [0.15, 0.2) is 0 Å². The number of nitrogens with zero attached hydrogens (tertiary/aromatic N) is 1. The van der Waals surface area contributed by atoms with E-state index < -0.39 is 6.10 Å². The molecule has 1 saturated heterocycles. The van der Waals surface area contributed by atoms with E-state index in [1.54, 1.807) is 0 Å². The van der Waals surface area contributed by atoms with E-state index in [4.69, 9.17) is 15.2 Å². The summed E-state index contributed by atoms with van der Waals surface area (Å²) >= 11 is 0. The molecule has 0 aromatic heterocycles. The molecule has 0 bridgehead atoms. The summed E-state index contributed by atoms with van der Waals surface area (Å²) in [5.74, 6) is -0.0213. The molecule has 17 heavy (non-hydrogen) atoms. The van der Waals surface area contributed by atoms with E-state index in [1.807, 2.05) is 11.8 Å². The molecule has 6 heteroatoms. The summed E-state index contributed by atoms with van der Waals surface area (Å²) in [6, 6.07) is 0.146. The second kappa shape index (κ2) is 7.87. The minimum atomic E-state index is -0.528. The van der Waals surface area contributed by atoms with Crippen LogP contribution in [-0.2, 0) is 14.3 Å². The first-order valence-corrected chi connectivity index (χ1v) is 5.78. The van der Waals surface area contributed by atoms with Crippen molar-refractivity contribution < 1.29 is 14.3 Å². The molecule has 0 aliphatic carbocycles. The number of halogens is 1. The maximum absolute atomic E-state index is 12.1. The minimum Gasteiger partial charge on any atom is -0.375 e. The van der Waals surface area contributed by atoms with Gasteiger partial charge in [-0.2, -0.15) is 0 Å². The zero-order valence-electron chi connectivity index (χ0n) is 10.7. The molecule has 0 saturated carbocycles. The van der Waals surface area contributed by atoms with E-state index in [1.165, 1.54) is 7.11 Å². The maximum Gasteiger partial charge on any atom is 0.253 e. The van der Waals surface area contributed by atoms with Crippen LogP contribution in [0.15, 0.2) is 0 Å². The van der Waals surface area contributed by atoms with E-state index >= 15 is 0 Å². The molecule has 0 radical (unpaired) electrons. The first-order valence-electron chi connectivity index (χ1n) is 5.78. The van der Waals surface area contributed by atoms with Crippen LogP contribution in [0.3, 0.4) is 0 Å². The normalized spacial score (nSPS) is 26.2. The molecule has 1 fully saturated rings. The SMILES string of the molecule is CCC1COC(C)CN1C(=O)C(CN)OC.Cl. The molecule has 3 atom stereocenters. The van der Waals surface area contributed by atoms with Crippen LogP contribution in [0, 0.1) is 0 Å². The highest BCUT2D eigenvalue weighted by Gasteiger charge is 2.32. The van der Waals surface area contributed by atoms with Crippen LogP contribution in [0.2, 0.25) is 0 Å². The zero-order chi connectivity index (χ0) is 12.1. The number of hydrogen-bond donors (Lipinski definition) is 1. The maximum atomic E-state index is 12.1. The molecule has 1 rings (SSSR count). The quantitative estimate of drug-likeness (QED) is 0.800. The Balaban J connectivity index is 0.00000256. The van der Waals surface area contributed by atoms with E-state index in [2.05, 4.69) is 6.92 Å². The summed E-state index contributed by atoms with van der Waals surface area (Å²) in [4.78, 5) is 14.0. The average molecular weight is 267 g/mol. The third-order valence-corrected chi connectivity index (χ3v) is 3.00. The van der Waals surface area contributed by atoms with Crippen molar-refractivity contribution in [2.24, 2.45) is 5.73 Å². The highest BCUT2D eigenvalue weighted by molar-refractivity contribution is 5.85. The third kappa shape index (κ3) is 4.10. The van der Waals surface area contributed by atoms with Crippen LogP contribution in [0.4, 0.5) is 0 Å². The van der Waals surface area contributed by atoms with Crippen LogP contribution in [0.1, 0.15) is 20.3 Å². The summed E-state index contributed by atoms with van der Waals surface area (Å²) in [7, 11) is 1.51. The van der Waals surface area contributed by atoms with Crippen LogP contribution in [-0.4, -0.2) is 55.9 Å². The van der Waals surface area contributed by atoms with Crippen LogP contribution in [0.25, 0.3) is 0 Å². The van der Waals surface area contributed by atoms with Gasteiger partial charge in [0.25, 0.3) is 5.91 Å². The van der Waals surface area contributed by atoms with Gasteiger partial charge >= 0.3 is 0 Å². The zero-order valence-corrected chi connectivity index (χ0v) is 11.5. The molecule has 5 nitrogen and oxygen atoms in total. The van der Waals surface area contributed by atoms with Gasteiger partial charge in [-0.05, 0) is 13.3 Å². The Bertz CT molecular complexity index is 237. The van der Waals surface area contributed by atoms with Gasteiger partial charge in [-0.1, -0.05) is 6.92 Å². The fraction of sp³-hybridized carbons (Fsp3) is 0.909. The van der Waals surface area contributed by atoms with Gasteiger partial charge in [0.2, 0.25) is 0 Å². The number of methoxy groups -OCH3 is 1. The summed E-state index contributed by atoms with van der Waals surface area (Å²) in [5.41, 5.74) is 5.51.